The first kappa shape index (κ1) is 18.3. The molecule has 0 aromatic heterocycles. The Hall–Kier alpha value is -1.77. The van der Waals surface area contributed by atoms with Crippen LogP contribution in [0.1, 0.15) is 64.4 Å². The predicted octanol–water partition coefficient (Wildman–Crippen LogP) is 5.17. The summed E-state index contributed by atoms with van der Waals surface area (Å²) in [4.78, 5) is 11.5. The minimum atomic E-state index is -0.511. The second kappa shape index (κ2) is 10.0. The van der Waals surface area contributed by atoms with Gasteiger partial charge in [-0.2, -0.15) is 0 Å². The van der Waals surface area contributed by atoms with Crippen LogP contribution < -0.4 is 4.74 Å². The van der Waals surface area contributed by atoms with Crippen LogP contribution in [0.5, 0.6) is 11.5 Å². The third kappa shape index (κ3) is 6.79. The van der Waals surface area contributed by atoms with E-state index in [9.17, 15) is 9.90 Å². The molecule has 0 heterocycles. The quantitative estimate of drug-likeness (QED) is 0.281. The van der Waals surface area contributed by atoms with E-state index < -0.39 is 5.97 Å². The van der Waals surface area contributed by atoms with E-state index in [0.29, 0.717) is 5.57 Å². The minimum absolute atomic E-state index is 0.0158. The standard InChI is InChI=1S/C19H28O3/c1-4-5-6-7-8-9-10-11-16-12-13-17(20)18(14-16)22-19(21)15(2)3/h12-14,20H,2,4-11H2,1,3H3. The van der Waals surface area contributed by atoms with E-state index in [2.05, 4.69) is 13.5 Å². The highest BCUT2D eigenvalue weighted by Crippen LogP contribution is 2.28. The third-order valence-corrected chi connectivity index (χ3v) is 3.64. The van der Waals surface area contributed by atoms with Crippen molar-refractivity contribution in [1.82, 2.24) is 0 Å². The van der Waals surface area contributed by atoms with Gasteiger partial charge in [0, 0.05) is 5.57 Å². The van der Waals surface area contributed by atoms with Crippen LogP contribution in [-0.2, 0) is 11.2 Å². The van der Waals surface area contributed by atoms with Crippen molar-refractivity contribution in [2.45, 2.75) is 65.2 Å². The molecule has 0 bridgehead atoms. The summed E-state index contributed by atoms with van der Waals surface area (Å²) in [5, 5.41) is 9.75. The molecule has 0 saturated carbocycles. The summed E-state index contributed by atoms with van der Waals surface area (Å²) in [6.45, 7) is 7.35. The highest BCUT2D eigenvalue weighted by atomic mass is 16.5. The minimum Gasteiger partial charge on any atom is -0.504 e. The molecule has 1 rings (SSSR count). The van der Waals surface area contributed by atoms with Crippen molar-refractivity contribution in [3.05, 3.63) is 35.9 Å². The molecular weight excluding hydrogens is 276 g/mol. The molecule has 0 amide bonds. The SMILES string of the molecule is C=C(C)C(=O)Oc1cc(CCCCCCCCC)ccc1O. The Balaban J connectivity index is 2.41. The summed E-state index contributed by atoms with van der Waals surface area (Å²) in [6, 6.07) is 5.20. The Kier molecular flexibility index (Phi) is 8.34. The Labute approximate surface area is 134 Å². The molecule has 0 fully saturated rings. The van der Waals surface area contributed by atoms with Crippen molar-refractivity contribution in [2.75, 3.05) is 0 Å². The fourth-order valence-corrected chi connectivity index (χ4v) is 2.27. The first-order chi connectivity index (χ1) is 10.5. The molecule has 0 aliphatic carbocycles. The first-order valence-electron chi connectivity index (χ1n) is 8.24. The number of unbranched alkanes of at least 4 members (excludes halogenated alkanes) is 6. The van der Waals surface area contributed by atoms with Crippen LogP contribution in [0.15, 0.2) is 30.4 Å². The number of phenolic OH excluding ortho intramolecular Hbond substituents is 1. The van der Waals surface area contributed by atoms with Gasteiger partial charge in [-0.1, -0.05) is 58.1 Å². The average molecular weight is 304 g/mol. The Morgan fingerprint density at radius 1 is 1.14 bits per heavy atom. The van der Waals surface area contributed by atoms with Gasteiger partial charge in [0.25, 0.3) is 0 Å². The Morgan fingerprint density at radius 2 is 1.77 bits per heavy atom. The molecule has 0 aliphatic rings. The number of carbonyl (C=O) groups excluding carboxylic acids is 1. The molecule has 122 valence electrons. The summed E-state index contributed by atoms with van der Waals surface area (Å²) >= 11 is 0. The van der Waals surface area contributed by atoms with Crippen molar-refractivity contribution in [3.8, 4) is 11.5 Å². The molecule has 3 nitrogen and oxygen atoms in total. The lowest BCUT2D eigenvalue weighted by atomic mass is 10.0. The first-order valence-corrected chi connectivity index (χ1v) is 8.24. The summed E-state index contributed by atoms with van der Waals surface area (Å²) in [5.41, 5.74) is 1.40. The number of phenols is 1. The number of benzene rings is 1. The summed E-state index contributed by atoms with van der Waals surface area (Å²) in [6.07, 6.45) is 9.79. The maximum absolute atomic E-state index is 11.5. The van der Waals surface area contributed by atoms with E-state index in [1.54, 1.807) is 19.1 Å². The van der Waals surface area contributed by atoms with Crippen LogP contribution in [0.3, 0.4) is 0 Å². The smallest absolute Gasteiger partial charge is 0.338 e. The fraction of sp³-hybridized carbons (Fsp3) is 0.526. The molecule has 1 N–H and O–H groups in total. The monoisotopic (exact) mass is 304 g/mol. The van der Waals surface area contributed by atoms with E-state index in [-0.39, 0.29) is 11.5 Å². The van der Waals surface area contributed by atoms with E-state index in [0.717, 1.165) is 18.4 Å². The van der Waals surface area contributed by atoms with Gasteiger partial charge in [-0.15, -0.1) is 0 Å². The lowest BCUT2D eigenvalue weighted by Crippen LogP contribution is -2.08. The molecule has 1 aromatic rings. The van der Waals surface area contributed by atoms with Crippen LogP contribution in [0, 0.1) is 0 Å². The zero-order valence-electron chi connectivity index (χ0n) is 13.9. The molecule has 0 atom stereocenters. The number of aryl methyl sites for hydroxylation is 1. The van der Waals surface area contributed by atoms with Crippen LogP contribution in [0.2, 0.25) is 0 Å². The number of ether oxygens (including phenoxy) is 1. The van der Waals surface area contributed by atoms with Gasteiger partial charge in [0.15, 0.2) is 11.5 Å². The van der Waals surface area contributed by atoms with Gasteiger partial charge in [0.1, 0.15) is 0 Å². The van der Waals surface area contributed by atoms with E-state index >= 15 is 0 Å². The number of hydrogen-bond donors (Lipinski definition) is 1. The zero-order chi connectivity index (χ0) is 16.4. The van der Waals surface area contributed by atoms with Crippen molar-refractivity contribution in [2.24, 2.45) is 0 Å². The van der Waals surface area contributed by atoms with Crippen molar-refractivity contribution < 1.29 is 14.6 Å². The van der Waals surface area contributed by atoms with Crippen LogP contribution in [0.4, 0.5) is 0 Å². The number of aromatic hydroxyl groups is 1. The van der Waals surface area contributed by atoms with Gasteiger partial charge in [0.2, 0.25) is 0 Å². The Bertz CT molecular complexity index is 491. The van der Waals surface area contributed by atoms with Gasteiger partial charge in [-0.05, 0) is 37.5 Å². The molecule has 0 unspecified atom stereocenters. The molecule has 0 radical (unpaired) electrons. The topological polar surface area (TPSA) is 46.5 Å². The maximum atomic E-state index is 11.5. The number of rotatable bonds is 10. The molecule has 0 spiro atoms. The molecule has 3 heteroatoms. The lowest BCUT2D eigenvalue weighted by molar-refractivity contribution is -0.130. The molecular formula is C19H28O3. The maximum Gasteiger partial charge on any atom is 0.338 e. The van der Waals surface area contributed by atoms with E-state index in [4.69, 9.17) is 4.74 Å². The predicted molar refractivity (Wildman–Crippen MR) is 90.3 cm³/mol. The third-order valence-electron chi connectivity index (χ3n) is 3.64. The van der Waals surface area contributed by atoms with E-state index in [1.807, 2.05) is 6.07 Å². The van der Waals surface area contributed by atoms with Gasteiger partial charge in [-0.25, -0.2) is 4.79 Å². The second-order valence-corrected chi connectivity index (χ2v) is 5.84. The van der Waals surface area contributed by atoms with Crippen LogP contribution in [0.25, 0.3) is 0 Å². The average Bonchev–Trinajstić information content (AvgIpc) is 2.49. The number of esters is 1. The van der Waals surface area contributed by atoms with Crippen LogP contribution in [-0.4, -0.2) is 11.1 Å². The number of hydrogen-bond acceptors (Lipinski definition) is 3. The molecule has 0 saturated heterocycles. The number of carbonyl (C=O) groups is 1. The zero-order valence-corrected chi connectivity index (χ0v) is 13.9. The van der Waals surface area contributed by atoms with Gasteiger partial charge < -0.3 is 9.84 Å². The second-order valence-electron chi connectivity index (χ2n) is 5.84. The highest BCUT2D eigenvalue weighted by molar-refractivity contribution is 5.89. The van der Waals surface area contributed by atoms with Crippen molar-refractivity contribution >= 4 is 5.97 Å². The summed E-state index contributed by atoms with van der Waals surface area (Å²) in [5.74, 6) is -0.310. The lowest BCUT2D eigenvalue weighted by Gasteiger charge is -2.08. The Morgan fingerprint density at radius 3 is 2.41 bits per heavy atom. The van der Waals surface area contributed by atoms with E-state index in [1.165, 1.54) is 38.5 Å². The summed E-state index contributed by atoms with van der Waals surface area (Å²) < 4.78 is 5.13. The molecule has 1 aromatic carbocycles. The van der Waals surface area contributed by atoms with Gasteiger partial charge in [0.05, 0.1) is 0 Å². The highest BCUT2D eigenvalue weighted by Gasteiger charge is 2.10. The van der Waals surface area contributed by atoms with Gasteiger partial charge >= 0.3 is 5.97 Å². The van der Waals surface area contributed by atoms with Crippen LogP contribution >= 0.6 is 0 Å². The fourth-order valence-electron chi connectivity index (χ4n) is 2.27. The molecule has 0 aliphatic heterocycles. The summed E-state index contributed by atoms with van der Waals surface area (Å²) in [7, 11) is 0. The molecule has 22 heavy (non-hydrogen) atoms. The van der Waals surface area contributed by atoms with Crippen molar-refractivity contribution in [3.63, 3.8) is 0 Å². The van der Waals surface area contributed by atoms with Gasteiger partial charge in [-0.3, -0.25) is 0 Å². The largest absolute Gasteiger partial charge is 0.504 e. The van der Waals surface area contributed by atoms with Crippen molar-refractivity contribution in [1.29, 1.82) is 0 Å². The normalized spacial score (nSPS) is 10.5.